The molecule has 0 aliphatic heterocycles. The summed E-state index contributed by atoms with van der Waals surface area (Å²) in [6.45, 7) is -0.303. The molecule has 86 valence electrons. The van der Waals surface area contributed by atoms with Crippen molar-refractivity contribution in [1.82, 2.24) is 0 Å². The lowest BCUT2D eigenvalue weighted by Gasteiger charge is -2.04. The third kappa shape index (κ3) is 2.42. The highest BCUT2D eigenvalue weighted by Gasteiger charge is 2.04. The molecule has 0 heterocycles. The van der Waals surface area contributed by atoms with Crippen molar-refractivity contribution in [1.29, 1.82) is 0 Å². The minimum Gasteiger partial charge on any atom is -0.507 e. The number of hydrogen-bond donors (Lipinski definition) is 2. The molecule has 0 aliphatic rings. The van der Waals surface area contributed by atoms with Crippen molar-refractivity contribution < 1.29 is 15.0 Å². The molecule has 0 fully saturated rings. The van der Waals surface area contributed by atoms with Crippen molar-refractivity contribution in [2.45, 2.75) is 0 Å². The average Bonchev–Trinajstić information content (AvgIpc) is 2.32. The van der Waals surface area contributed by atoms with E-state index in [1.807, 2.05) is 24.3 Å². The summed E-state index contributed by atoms with van der Waals surface area (Å²) in [7, 11) is 0. The number of fused-ring (bicyclic) bond motifs is 1. The summed E-state index contributed by atoms with van der Waals surface area (Å²) < 4.78 is 0. The number of hydrogen-bond acceptors (Lipinski definition) is 3. The van der Waals surface area contributed by atoms with E-state index in [4.69, 9.17) is 5.11 Å². The van der Waals surface area contributed by atoms with E-state index in [0.29, 0.717) is 5.56 Å². The first-order valence-electron chi connectivity index (χ1n) is 5.11. The number of nitrogens with zero attached hydrogens (tertiary/aromatic N) is 1. The van der Waals surface area contributed by atoms with Crippen LogP contribution in [0.5, 0.6) is 5.75 Å². The molecule has 0 bridgehead atoms. The van der Waals surface area contributed by atoms with E-state index in [-0.39, 0.29) is 12.3 Å². The third-order valence-electron chi connectivity index (χ3n) is 2.39. The molecule has 0 atom stereocenters. The van der Waals surface area contributed by atoms with Crippen LogP contribution in [-0.4, -0.2) is 28.9 Å². The number of phenolic OH excluding ortho intramolecular Hbond substituents is 1. The van der Waals surface area contributed by atoms with E-state index in [2.05, 4.69) is 4.99 Å². The highest BCUT2D eigenvalue weighted by Crippen LogP contribution is 2.25. The Kier molecular flexibility index (Phi) is 3.05. The average molecular weight is 229 g/mol. The van der Waals surface area contributed by atoms with Gasteiger partial charge in [-0.2, -0.15) is 0 Å². The maximum Gasteiger partial charge on any atom is 0.325 e. The van der Waals surface area contributed by atoms with Crippen molar-refractivity contribution in [3.05, 3.63) is 42.0 Å². The van der Waals surface area contributed by atoms with E-state index in [0.717, 1.165) is 10.8 Å². The van der Waals surface area contributed by atoms with Gasteiger partial charge in [-0.15, -0.1) is 0 Å². The molecule has 2 aromatic rings. The van der Waals surface area contributed by atoms with Gasteiger partial charge in [-0.1, -0.05) is 30.3 Å². The van der Waals surface area contributed by atoms with Gasteiger partial charge in [-0.25, -0.2) is 0 Å². The van der Waals surface area contributed by atoms with E-state index < -0.39 is 5.97 Å². The first kappa shape index (κ1) is 11.1. The predicted molar refractivity (Wildman–Crippen MR) is 65.7 cm³/mol. The van der Waals surface area contributed by atoms with Gasteiger partial charge in [0, 0.05) is 11.8 Å². The summed E-state index contributed by atoms with van der Waals surface area (Å²) >= 11 is 0. The largest absolute Gasteiger partial charge is 0.507 e. The van der Waals surface area contributed by atoms with Gasteiger partial charge in [0.2, 0.25) is 0 Å². The van der Waals surface area contributed by atoms with Crippen LogP contribution in [0.4, 0.5) is 0 Å². The van der Waals surface area contributed by atoms with Crippen LogP contribution < -0.4 is 0 Å². The Morgan fingerprint density at radius 2 is 2.00 bits per heavy atom. The zero-order valence-electron chi connectivity index (χ0n) is 9.00. The molecule has 4 nitrogen and oxygen atoms in total. The summed E-state index contributed by atoms with van der Waals surface area (Å²) in [5.41, 5.74) is 0.546. The maximum absolute atomic E-state index is 10.4. The number of aliphatic carboxylic acids is 1. The number of aromatic hydroxyl groups is 1. The van der Waals surface area contributed by atoms with Crippen LogP contribution in [0.15, 0.2) is 41.4 Å². The minimum absolute atomic E-state index is 0.0952. The number of carboxylic acid groups (broad SMARTS) is 1. The lowest BCUT2D eigenvalue weighted by atomic mass is 10.0. The van der Waals surface area contributed by atoms with Gasteiger partial charge in [0.25, 0.3) is 0 Å². The molecule has 0 spiro atoms. The zero-order valence-corrected chi connectivity index (χ0v) is 9.00. The first-order chi connectivity index (χ1) is 8.18. The quantitative estimate of drug-likeness (QED) is 0.791. The fourth-order valence-electron chi connectivity index (χ4n) is 1.63. The Labute approximate surface area is 97.9 Å². The summed E-state index contributed by atoms with van der Waals surface area (Å²) in [6, 6.07) is 10.9. The van der Waals surface area contributed by atoms with E-state index in [1.54, 1.807) is 12.1 Å². The number of rotatable bonds is 3. The van der Waals surface area contributed by atoms with Crippen LogP contribution in [0.25, 0.3) is 10.8 Å². The lowest BCUT2D eigenvalue weighted by Crippen LogP contribution is -1.99. The standard InChI is InChI=1S/C13H11NO3/c15-12-6-5-9-3-1-2-4-10(9)11(12)7-14-8-13(16)17/h1-7,15H,8H2,(H,16,17). The van der Waals surface area contributed by atoms with Gasteiger partial charge in [0.1, 0.15) is 12.3 Å². The van der Waals surface area contributed by atoms with Gasteiger partial charge < -0.3 is 10.2 Å². The highest BCUT2D eigenvalue weighted by molar-refractivity contribution is 6.02. The summed E-state index contributed by atoms with van der Waals surface area (Å²) in [5.74, 6) is -0.904. The van der Waals surface area contributed by atoms with Crippen LogP contribution in [0, 0.1) is 0 Å². The van der Waals surface area contributed by atoms with Crippen LogP contribution in [-0.2, 0) is 4.79 Å². The van der Waals surface area contributed by atoms with Gasteiger partial charge in [-0.05, 0) is 16.8 Å². The molecule has 0 unspecified atom stereocenters. The monoisotopic (exact) mass is 229 g/mol. The first-order valence-corrected chi connectivity index (χ1v) is 5.11. The Bertz CT molecular complexity index is 590. The molecular weight excluding hydrogens is 218 g/mol. The molecule has 0 amide bonds. The van der Waals surface area contributed by atoms with Crippen LogP contribution >= 0.6 is 0 Å². The van der Waals surface area contributed by atoms with Crippen molar-refractivity contribution in [3.8, 4) is 5.75 Å². The summed E-state index contributed by atoms with van der Waals surface area (Å²) in [6.07, 6.45) is 1.39. The fourth-order valence-corrected chi connectivity index (χ4v) is 1.63. The minimum atomic E-state index is -0.999. The predicted octanol–water partition coefficient (Wildman–Crippen LogP) is 2.05. The highest BCUT2D eigenvalue weighted by atomic mass is 16.4. The lowest BCUT2D eigenvalue weighted by molar-refractivity contribution is -0.135. The van der Waals surface area contributed by atoms with Crippen molar-refractivity contribution in [3.63, 3.8) is 0 Å². The molecule has 17 heavy (non-hydrogen) atoms. The van der Waals surface area contributed by atoms with Crippen LogP contribution in [0.3, 0.4) is 0 Å². The molecule has 0 radical (unpaired) electrons. The van der Waals surface area contributed by atoms with E-state index in [9.17, 15) is 9.90 Å². The molecule has 4 heteroatoms. The molecule has 2 N–H and O–H groups in total. The Morgan fingerprint density at radius 3 is 2.76 bits per heavy atom. The summed E-state index contributed by atoms with van der Waals surface area (Å²) in [4.78, 5) is 14.1. The van der Waals surface area contributed by atoms with Crippen molar-refractivity contribution >= 4 is 23.0 Å². The number of benzene rings is 2. The Morgan fingerprint density at radius 1 is 1.24 bits per heavy atom. The number of phenols is 1. The number of carbonyl (C=O) groups is 1. The topological polar surface area (TPSA) is 69.9 Å². The molecule has 0 aromatic heterocycles. The SMILES string of the molecule is O=C(O)CN=Cc1c(O)ccc2ccccc12. The number of carboxylic acids is 1. The Balaban J connectivity index is 2.47. The smallest absolute Gasteiger partial charge is 0.325 e. The normalized spacial score (nSPS) is 11.1. The van der Waals surface area contributed by atoms with Gasteiger partial charge >= 0.3 is 5.97 Å². The number of aliphatic imine (C=N–C) groups is 1. The molecule has 2 rings (SSSR count). The molecule has 0 saturated carbocycles. The second-order valence-corrected chi connectivity index (χ2v) is 3.58. The third-order valence-corrected chi connectivity index (χ3v) is 2.39. The van der Waals surface area contributed by atoms with Crippen molar-refractivity contribution in [2.75, 3.05) is 6.54 Å². The molecule has 0 aliphatic carbocycles. The van der Waals surface area contributed by atoms with Gasteiger partial charge in [-0.3, -0.25) is 9.79 Å². The van der Waals surface area contributed by atoms with Crippen LogP contribution in [0.1, 0.15) is 5.56 Å². The molecule has 0 saturated heterocycles. The van der Waals surface area contributed by atoms with E-state index in [1.165, 1.54) is 6.21 Å². The zero-order chi connectivity index (χ0) is 12.3. The second kappa shape index (κ2) is 4.65. The van der Waals surface area contributed by atoms with Gasteiger partial charge in [0.15, 0.2) is 0 Å². The second-order valence-electron chi connectivity index (χ2n) is 3.58. The fraction of sp³-hybridized carbons (Fsp3) is 0.0769. The Hall–Kier alpha value is -2.36. The molecule has 2 aromatic carbocycles. The maximum atomic E-state index is 10.4. The van der Waals surface area contributed by atoms with Crippen molar-refractivity contribution in [2.24, 2.45) is 4.99 Å². The van der Waals surface area contributed by atoms with Gasteiger partial charge in [0.05, 0.1) is 0 Å². The molecular formula is C13H11NO3. The summed E-state index contributed by atoms with van der Waals surface area (Å²) in [5, 5.41) is 20.1. The van der Waals surface area contributed by atoms with Crippen LogP contribution in [0.2, 0.25) is 0 Å². The van der Waals surface area contributed by atoms with E-state index >= 15 is 0 Å².